The lowest BCUT2D eigenvalue weighted by Gasteiger charge is -2.21. The number of nitrogens with one attached hydrogen (secondary N) is 1. The van der Waals surface area contributed by atoms with Crippen molar-refractivity contribution in [2.75, 3.05) is 13.2 Å². The number of carbonyl (C=O) groups excluding carboxylic acids is 2. The van der Waals surface area contributed by atoms with Crippen molar-refractivity contribution in [2.24, 2.45) is 11.1 Å². The second-order valence-corrected chi connectivity index (χ2v) is 9.76. The Bertz CT molecular complexity index is 1040. The molecule has 0 heterocycles. The van der Waals surface area contributed by atoms with Crippen molar-refractivity contribution in [2.45, 2.75) is 59.8 Å². The van der Waals surface area contributed by atoms with Crippen LogP contribution in [0.25, 0.3) is 11.1 Å². The highest BCUT2D eigenvalue weighted by molar-refractivity contribution is 5.99. The highest BCUT2D eigenvalue weighted by Gasteiger charge is 2.33. The van der Waals surface area contributed by atoms with Gasteiger partial charge in [0.2, 0.25) is 5.91 Å². The number of halogens is 1. The van der Waals surface area contributed by atoms with Crippen LogP contribution in [0.1, 0.15) is 84.7 Å². The van der Waals surface area contributed by atoms with Gasteiger partial charge in [0.25, 0.3) is 5.91 Å². The average Bonchev–Trinajstić information content (AvgIpc) is 3.56. The standard InChI is InChI=1S/C26H33FN2O3/c1-6-11-32-21-12-17(25(31)29-14-26(3,4)5)9-10-18(21)22-15(2)20(27)13-19(24(28)30)23(22)16-7-8-16/h9-10,12-13,16H,6-8,11,14H2,1-5H3,(H2,28,30)(H,29,31). The van der Waals surface area contributed by atoms with Crippen LogP contribution >= 0.6 is 0 Å². The van der Waals surface area contributed by atoms with Gasteiger partial charge in [0.05, 0.1) is 6.61 Å². The molecule has 0 bridgehead atoms. The molecule has 172 valence electrons. The third kappa shape index (κ3) is 5.29. The first-order chi connectivity index (χ1) is 15.0. The summed E-state index contributed by atoms with van der Waals surface area (Å²) in [5, 5.41) is 2.95. The van der Waals surface area contributed by atoms with Crippen molar-refractivity contribution in [3.8, 4) is 16.9 Å². The van der Waals surface area contributed by atoms with Gasteiger partial charge in [-0.05, 0) is 78.5 Å². The van der Waals surface area contributed by atoms with Crippen molar-refractivity contribution >= 4 is 11.8 Å². The smallest absolute Gasteiger partial charge is 0.251 e. The number of amides is 2. The van der Waals surface area contributed by atoms with Crippen LogP contribution in [0, 0.1) is 18.2 Å². The summed E-state index contributed by atoms with van der Waals surface area (Å²) in [5.41, 5.74) is 8.81. The number of benzene rings is 2. The topological polar surface area (TPSA) is 81.4 Å². The summed E-state index contributed by atoms with van der Waals surface area (Å²) in [6.45, 7) is 10.8. The zero-order chi connectivity index (χ0) is 23.6. The van der Waals surface area contributed by atoms with E-state index in [0.717, 1.165) is 24.8 Å². The Kier molecular flexibility index (Phi) is 6.91. The summed E-state index contributed by atoms with van der Waals surface area (Å²) in [6.07, 6.45) is 2.64. The van der Waals surface area contributed by atoms with E-state index in [4.69, 9.17) is 10.5 Å². The molecule has 0 spiro atoms. The van der Waals surface area contributed by atoms with Gasteiger partial charge < -0.3 is 15.8 Å². The lowest BCUT2D eigenvalue weighted by molar-refractivity contribution is 0.0938. The van der Waals surface area contributed by atoms with E-state index in [1.807, 2.05) is 6.92 Å². The molecule has 2 aromatic rings. The molecule has 3 N–H and O–H groups in total. The van der Waals surface area contributed by atoms with Crippen molar-refractivity contribution in [3.05, 3.63) is 52.3 Å². The Hall–Kier alpha value is -2.89. The molecule has 6 heteroatoms. The Morgan fingerprint density at radius 2 is 1.91 bits per heavy atom. The fourth-order valence-corrected chi connectivity index (χ4v) is 3.76. The van der Waals surface area contributed by atoms with Gasteiger partial charge in [-0.15, -0.1) is 0 Å². The minimum absolute atomic E-state index is 0.0415. The number of rotatable bonds is 8. The number of hydrogen-bond acceptors (Lipinski definition) is 3. The van der Waals surface area contributed by atoms with E-state index in [2.05, 4.69) is 26.1 Å². The first-order valence-corrected chi connectivity index (χ1v) is 11.2. The Balaban J connectivity index is 2.13. The summed E-state index contributed by atoms with van der Waals surface area (Å²) in [5.74, 6) is -0.640. The number of hydrogen-bond donors (Lipinski definition) is 2. The van der Waals surface area contributed by atoms with Crippen LogP contribution in [0.5, 0.6) is 5.75 Å². The molecule has 5 nitrogen and oxygen atoms in total. The average molecular weight is 441 g/mol. The molecule has 2 aromatic carbocycles. The lowest BCUT2D eigenvalue weighted by Crippen LogP contribution is -2.32. The summed E-state index contributed by atoms with van der Waals surface area (Å²) < 4.78 is 20.8. The Morgan fingerprint density at radius 1 is 1.22 bits per heavy atom. The quantitative estimate of drug-likeness (QED) is 0.581. The SMILES string of the molecule is CCCOc1cc(C(=O)NCC(C)(C)C)ccc1-c1c(C)c(F)cc(C(N)=O)c1C1CC1. The second-order valence-electron chi connectivity index (χ2n) is 9.76. The molecule has 1 saturated carbocycles. The molecule has 0 unspecified atom stereocenters. The van der Waals surface area contributed by atoms with Crippen molar-refractivity contribution < 1.29 is 18.7 Å². The monoisotopic (exact) mass is 440 g/mol. The van der Waals surface area contributed by atoms with E-state index in [1.165, 1.54) is 6.07 Å². The molecule has 3 rings (SSSR count). The molecule has 0 aliphatic heterocycles. The summed E-state index contributed by atoms with van der Waals surface area (Å²) in [6, 6.07) is 6.45. The van der Waals surface area contributed by atoms with Gasteiger partial charge in [-0.2, -0.15) is 0 Å². The molecule has 1 fully saturated rings. The maximum atomic E-state index is 14.8. The fourth-order valence-electron chi connectivity index (χ4n) is 3.76. The van der Waals surface area contributed by atoms with E-state index in [0.29, 0.717) is 41.2 Å². The molecular formula is C26H33FN2O3. The summed E-state index contributed by atoms with van der Waals surface area (Å²) in [7, 11) is 0. The molecular weight excluding hydrogens is 407 g/mol. The maximum Gasteiger partial charge on any atom is 0.251 e. The predicted molar refractivity (Wildman–Crippen MR) is 125 cm³/mol. The third-order valence-corrected chi connectivity index (χ3v) is 5.57. The fraction of sp³-hybridized carbons (Fsp3) is 0.462. The lowest BCUT2D eigenvalue weighted by atomic mass is 9.87. The molecule has 0 radical (unpaired) electrons. The van der Waals surface area contributed by atoms with Gasteiger partial charge in [-0.25, -0.2) is 4.39 Å². The molecule has 1 aliphatic carbocycles. The largest absolute Gasteiger partial charge is 0.493 e. The number of primary amides is 1. The minimum atomic E-state index is -0.638. The van der Waals surface area contributed by atoms with Crippen molar-refractivity contribution in [3.63, 3.8) is 0 Å². The first kappa shape index (κ1) is 23.8. The van der Waals surface area contributed by atoms with E-state index in [-0.39, 0.29) is 22.8 Å². The molecule has 2 amide bonds. The maximum absolute atomic E-state index is 14.8. The van der Waals surface area contributed by atoms with Gasteiger partial charge >= 0.3 is 0 Å². The molecule has 32 heavy (non-hydrogen) atoms. The van der Waals surface area contributed by atoms with Crippen LogP contribution in [0.3, 0.4) is 0 Å². The highest BCUT2D eigenvalue weighted by atomic mass is 19.1. The van der Waals surface area contributed by atoms with E-state index in [1.54, 1.807) is 25.1 Å². The van der Waals surface area contributed by atoms with Crippen LogP contribution in [0.4, 0.5) is 4.39 Å². The molecule has 0 atom stereocenters. The zero-order valence-corrected chi connectivity index (χ0v) is 19.6. The van der Waals surface area contributed by atoms with Crippen molar-refractivity contribution in [1.82, 2.24) is 5.32 Å². The normalized spacial score (nSPS) is 13.7. The zero-order valence-electron chi connectivity index (χ0n) is 19.6. The summed E-state index contributed by atoms with van der Waals surface area (Å²) >= 11 is 0. The Labute approximate surface area is 189 Å². The second kappa shape index (κ2) is 9.31. The number of carbonyl (C=O) groups is 2. The van der Waals surface area contributed by atoms with Crippen LogP contribution in [0.15, 0.2) is 24.3 Å². The van der Waals surface area contributed by atoms with Crippen LogP contribution < -0.4 is 15.8 Å². The van der Waals surface area contributed by atoms with Gasteiger partial charge in [-0.3, -0.25) is 9.59 Å². The van der Waals surface area contributed by atoms with E-state index in [9.17, 15) is 14.0 Å². The van der Waals surface area contributed by atoms with E-state index < -0.39 is 11.7 Å². The number of nitrogens with two attached hydrogens (primary N) is 1. The number of ether oxygens (including phenoxy) is 1. The van der Waals surface area contributed by atoms with E-state index >= 15 is 0 Å². The molecule has 1 aliphatic rings. The van der Waals surface area contributed by atoms with Gasteiger partial charge in [-0.1, -0.05) is 27.7 Å². The minimum Gasteiger partial charge on any atom is -0.493 e. The van der Waals surface area contributed by atoms with Gasteiger partial charge in [0.1, 0.15) is 11.6 Å². The predicted octanol–water partition coefficient (Wildman–Crippen LogP) is 5.34. The highest BCUT2D eigenvalue weighted by Crippen LogP contribution is 2.49. The van der Waals surface area contributed by atoms with Crippen LogP contribution in [-0.4, -0.2) is 25.0 Å². The molecule has 0 saturated heterocycles. The third-order valence-electron chi connectivity index (χ3n) is 5.57. The van der Waals surface area contributed by atoms with Crippen LogP contribution in [0.2, 0.25) is 0 Å². The first-order valence-electron chi connectivity index (χ1n) is 11.2. The van der Waals surface area contributed by atoms with Gasteiger partial charge in [0, 0.05) is 23.2 Å². The Morgan fingerprint density at radius 3 is 2.47 bits per heavy atom. The van der Waals surface area contributed by atoms with Crippen molar-refractivity contribution in [1.29, 1.82) is 0 Å². The molecule has 0 aromatic heterocycles. The summed E-state index contributed by atoms with van der Waals surface area (Å²) in [4.78, 5) is 24.9. The van der Waals surface area contributed by atoms with Gasteiger partial charge in [0.15, 0.2) is 0 Å². The van der Waals surface area contributed by atoms with Crippen LogP contribution in [-0.2, 0) is 0 Å².